The van der Waals surface area contributed by atoms with Crippen LogP contribution in [0.3, 0.4) is 0 Å². The summed E-state index contributed by atoms with van der Waals surface area (Å²) in [6, 6.07) is 0.301. The largest absolute Gasteiger partial charge is 0.382 e. The number of nitrogens with zero attached hydrogens (tertiary/aromatic N) is 2. The first-order valence-corrected chi connectivity index (χ1v) is 5.50. The molecule has 0 saturated carbocycles. The fourth-order valence-corrected chi connectivity index (χ4v) is 1.44. The minimum atomic E-state index is 0.301. The SMILES string of the molecule is CCCNCc1cnn(C(C)COC)c1. The number of hydrogen-bond acceptors (Lipinski definition) is 3. The predicted octanol–water partition coefficient (Wildman–Crippen LogP) is 1.59. The lowest BCUT2D eigenvalue weighted by atomic mass is 10.3. The number of rotatable bonds is 7. The van der Waals surface area contributed by atoms with E-state index in [1.165, 1.54) is 5.56 Å². The van der Waals surface area contributed by atoms with E-state index < -0.39 is 0 Å². The zero-order valence-electron chi connectivity index (χ0n) is 9.86. The number of nitrogens with one attached hydrogen (secondary N) is 1. The molecule has 1 rings (SSSR count). The van der Waals surface area contributed by atoms with Gasteiger partial charge in [0.2, 0.25) is 0 Å². The van der Waals surface area contributed by atoms with Crippen molar-refractivity contribution in [1.82, 2.24) is 15.1 Å². The van der Waals surface area contributed by atoms with Crippen molar-refractivity contribution in [1.29, 1.82) is 0 Å². The summed E-state index contributed by atoms with van der Waals surface area (Å²) in [6.45, 7) is 6.91. The highest BCUT2D eigenvalue weighted by Gasteiger charge is 2.05. The summed E-state index contributed by atoms with van der Waals surface area (Å²) >= 11 is 0. The van der Waals surface area contributed by atoms with Crippen molar-refractivity contribution in [2.24, 2.45) is 0 Å². The molecule has 1 atom stereocenters. The van der Waals surface area contributed by atoms with Crippen molar-refractivity contribution in [2.45, 2.75) is 32.9 Å². The van der Waals surface area contributed by atoms with Crippen LogP contribution in [0.4, 0.5) is 0 Å². The first-order chi connectivity index (χ1) is 7.27. The zero-order chi connectivity index (χ0) is 11.1. The van der Waals surface area contributed by atoms with Crippen LogP contribution in [-0.2, 0) is 11.3 Å². The minimum Gasteiger partial charge on any atom is -0.382 e. The van der Waals surface area contributed by atoms with Gasteiger partial charge in [0.15, 0.2) is 0 Å². The number of aromatic nitrogens is 2. The molecular weight excluding hydrogens is 190 g/mol. The second kappa shape index (κ2) is 6.58. The number of hydrogen-bond donors (Lipinski definition) is 1. The molecule has 0 fully saturated rings. The van der Waals surface area contributed by atoms with Gasteiger partial charge in [-0.05, 0) is 19.9 Å². The van der Waals surface area contributed by atoms with E-state index in [-0.39, 0.29) is 0 Å². The Morgan fingerprint density at radius 3 is 3.07 bits per heavy atom. The quantitative estimate of drug-likeness (QED) is 0.696. The van der Waals surface area contributed by atoms with Crippen LogP contribution >= 0.6 is 0 Å². The van der Waals surface area contributed by atoms with Gasteiger partial charge in [-0.15, -0.1) is 0 Å². The predicted molar refractivity (Wildman–Crippen MR) is 60.8 cm³/mol. The van der Waals surface area contributed by atoms with Crippen molar-refractivity contribution in [2.75, 3.05) is 20.3 Å². The standard InChI is InChI=1S/C11H21N3O/c1-4-5-12-6-11-7-13-14(8-11)10(2)9-15-3/h7-8,10,12H,4-6,9H2,1-3H3. The van der Waals surface area contributed by atoms with E-state index in [9.17, 15) is 0 Å². The Morgan fingerprint density at radius 2 is 2.40 bits per heavy atom. The van der Waals surface area contributed by atoms with Crippen molar-refractivity contribution >= 4 is 0 Å². The van der Waals surface area contributed by atoms with Gasteiger partial charge < -0.3 is 10.1 Å². The Bertz CT molecular complexity index is 273. The average Bonchev–Trinajstić information content (AvgIpc) is 2.67. The minimum absolute atomic E-state index is 0.301. The van der Waals surface area contributed by atoms with Crippen LogP contribution in [0.25, 0.3) is 0 Å². The molecule has 1 unspecified atom stereocenters. The fraction of sp³-hybridized carbons (Fsp3) is 0.727. The van der Waals surface area contributed by atoms with E-state index >= 15 is 0 Å². The summed E-state index contributed by atoms with van der Waals surface area (Å²) in [5, 5.41) is 7.66. The lowest BCUT2D eigenvalue weighted by molar-refractivity contribution is 0.157. The Balaban J connectivity index is 2.41. The highest BCUT2D eigenvalue weighted by Crippen LogP contribution is 2.06. The van der Waals surface area contributed by atoms with E-state index in [0.717, 1.165) is 19.5 Å². The topological polar surface area (TPSA) is 39.1 Å². The van der Waals surface area contributed by atoms with Crippen LogP contribution < -0.4 is 5.32 Å². The Morgan fingerprint density at radius 1 is 1.60 bits per heavy atom. The first kappa shape index (κ1) is 12.2. The van der Waals surface area contributed by atoms with Crippen LogP contribution in [0.1, 0.15) is 31.9 Å². The molecule has 15 heavy (non-hydrogen) atoms. The van der Waals surface area contributed by atoms with Crippen molar-refractivity contribution in [3.63, 3.8) is 0 Å². The molecule has 0 saturated heterocycles. The Labute approximate surface area is 91.6 Å². The van der Waals surface area contributed by atoms with Gasteiger partial charge in [0.25, 0.3) is 0 Å². The average molecular weight is 211 g/mol. The molecule has 4 nitrogen and oxygen atoms in total. The zero-order valence-corrected chi connectivity index (χ0v) is 9.86. The van der Waals surface area contributed by atoms with Gasteiger partial charge in [-0.1, -0.05) is 6.92 Å². The monoisotopic (exact) mass is 211 g/mol. The molecule has 0 aliphatic carbocycles. The smallest absolute Gasteiger partial charge is 0.0724 e. The molecule has 0 spiro atoms. The maximum atomic E-state index is 5.09. The van der Waals surface area contributed by atoms with Crippen LogP contribution in [0.15, 0.2) is 12.4 Å². The van der Waals surface area contributed by atoms with E-state index in [2.05, 4.69) is 30.5 Å². The molecule has 0 aliphatic heterocycles. The molecule has 1 aromatic rings. The van der Waals surface area contributed by atoms with Crippen LogP contribution in [0, 0.1) is 0 Å². The Hall–Kier alpha value is -0.870. The lowest BCUT2D eigenvalue weighted by Gasteiger charge is -2.09. The van der Waals surface area contributed by atoms with Crippen molar-refractivity contribution in [3.8, 4) is 0 Å². The van der Waals surface area contributed by atoms with Gasteiger partial charge in [0.1, 0.15) is 0 Å². The van der Waals surface area contributed by atoms with Gasteiger partial charge in [0, 0.05) is 25.4 Å². The molecular formula is C11H21N3O. The van der Waals surface area contributed by atoms with Crippen LogP contribution in [0.5, 0.6) is 0 Å². The molecule has 1 aromatic heterocycles. The molecule has 1 heterocycles. The lowest BCUT2D eigenvalue weighted by Crippen LogP contribution is -2.14. The molecule has 0 aliphatic rings. The molecule has 0 aromatic carbocycles. The Kier molecular flexibility index (Phi) is 5.36. The molecule has 0 amide bonds. The summed E-state index contributed by atoms with van der Waals surface area (Å²) < 4.78 is 7.04. The molecule has 0 bridgehead atoms. The van der Waals surface area contributed by atoms with Crippen LogP contribution in [0.2, 0.25) is 0 Å². The summed E-state index contributed by atoms with van der Waals surface area (Å²) in [4.78, 5) is 0. The fourth-order valence-electron chi connectivity index (χ4n) is 1.44. The summed E-state index contributed by atoms with van der Waals surface area (Å²) in [5.41, 5.74) is 1.23. The number of methoxy groups -OCH3 is 1. The highest BCUT2D eigenvalue weighted by atomic mass is 16.5. The summed E-state index contributed by atoms with van der Waals surface area (Å²) in [5.74, 6) is 0. The van der Waals surface area contributed by atoms with Gasteiger partial charge in [-0.2, -0.15) is 5.10 Å². The third-order valence-corrected chi connectivity index (χ3v) is 2.27. The molecule has 86 valence electrons. The van der Waals surface area contributed by atoms with Gasteiger partial charge in [0.05, 0.1) is 18.8 Å². The normalized spacial score (nSPS) is 13.0. The number of ether oxygens (including phenoxy) is 1. The third-order valence-electron chi connectivity index (χ3n) is 2.27. The summed E-state index contributed by atoms with van der Waals surface area (Å²) in [7, 11) is 1.71. The van der Waals surface area contributed by atoms with E-state index in [1.54, 1.807) is 7.11 Å². The first-order valence-electron chi connectivity index (χ1n) is 5.50. The second-order valence-electron chi connectivity index (χ2n) is 3.81. The third kappa shape index (κ3) is 4.01. The van der Waals surface area contributed by atoms with Crippen molar-refractivity contribution in [3.05, 3.63) is 18.0 Å². The van der Waals surface area contributed by atoms with Crippen molar-refractivity contribution < 1.29 is 4.74 Å². The van der Waals surface area contributed by atoms with Gasteiger partial charge in [-0.25, -0.2) is 0 Å². The van der Waals surface area contributed by atoms with E-state index in [1.807, 2.05) is 10.9 Å². The molecule has 1 N–H and O–H groups in total. The molecule has 0 radical (unpaired) electrons. The van der Waals surface area contributed by atoms with E-state index in [4.69, 9.17) is 4.74 Å². The summed E-state index contributed by atoms with van der Waals surface area (Å²) in [6.07, 6.45) is 5.15. The van der Waals surface area contributed by atoms with Crippen LogP contribution in [-0.4, -0.2) is 30.0 Å². The maximum Gasteiger partial charge on any atom is 0.0724 e. The second-order valence-corrected chi connectivity index (χ2v) is 3.81. The van der Waals surface area contributed by atoms with Gasteiger partial charge in [-0.3, -0.25) is 4.68 Å². The molecule has 4 heteroatoms. The highest BCUT2D eigenvalue weighted by molar-refractivity contribution is 5.03. The van der Waals surface area contributed by atoms with E-state index in [0.29, 0.717) is 12.6 Å². The van der Waals surface area contributed by atoms with Gasteiger partial charge >= 0.3 is 0 Å². The maximum absolute atomic E-state index is 5.09.